The molecule has 30 heavy (non-hydrogen) atoms. The van der Waals surface area contributed by atoms with Gasteiger partial charge >= 0.3 is 0 Å². The van der Waals surface area contributed by atoms with Gasteiger partial charge in [-0.3, -0.25) is 9.89 Å². The molecule has 1 aliphatic heterocycles. The van der Waals surface area contributed by atoms with E-state index in [0.29, 0.717) is 37.6 Å². The molecular weight excluding hydrogens is 383 g/mol. The second-order valence-corrected chi connectivity index (χ2v) is 7.10. The Morgan fingerprint density at radius 1 is 1.07 bits per heavy atom. The van der Waals surface area contributed by atoms with E-state index >= 15 is 0 Å². The van der Waals surface area contributed by atoms with Crippen molar-refractivity contribution < 1.29 is 13.9 Å². The molecule has 6 nitrogen and oxygen atoms in total. The van der Waals surface area contributed by atoms with E-state index in [1.165, 1.54) is 6.07 Å². The summed E-state index contributed by atoms with van der Waals surface area (Å²) >= 11 is 0. The summed E-state index contributed by atoms with van der Waals surface area (Å²) in [7, 11) is 1.73. The summed E-state index contributed by atoms with van der Waals surface area (Å²) in [5.74, 6) is 1.37. The van der Waals surface area contributed by atoms with Crippen molar-refractivity contribution in [1.29, 1.82) is 0 Å². The maximum absolute atomic E-state index is 13.7. The van der Waals surface area contributed by atoms with Crippen molar-refractivity contribution in [2.45, 2.75) is 13.0 Å². The van der Waals surface area contributed by atoms with Gasteiger partial charge in [0.2, 0.25) is 0 Å². The lowest BCUT2D eigenvalue weighted by molar-refractivity contribution is 0.0322. The Bertz CT molecular complexity index is 809. The number of guanidine groups is 1. The number of nitrogens with one attached hydrogen (secondary N) is 2. The Morgan fingerprint density at radius 2 is 1.80 bits per heavy atom. The van der Waals surface area contributed by atoms with Gasteiger partial charge in [-0.2, -0.15) is 0 Å². The van der Waals surface area contributed by atoms with Crippen LogP contribution in [0.3, 0.4) is 0 Å². The average Bonchev–Trinajstić information content (AvgIpc) is 2.79. The van der Waals surface area contributed by atoms with Crippen molar-refractivity contribution in [3.63, 3.8) is 0 Å². The normalized spacial score (nSPS) is 15.1. The van der Waals surface area contributed by atoms with Crippen molar-refractivity contribution in [3.05, 3.63) is 65.5 Å². The van der Waals surface area contributed by atoms with E-state index in [-0.39, 0.29) is 5.82 Å². The van der Waals surface area contributed by atoms with Gasteiger partial charge in [-0.1, -0.05) is 36.4 Å². The third kappa shape index (κ3) is 7.00. The highest BCUT2D eigenvalue weighted by molar-refractivity contribution is 5.79. The number of hydrogen-bond donors (Lipinski definition) is 2. The van der Waals surface area contributed by atoms with E-state index in [1.807, 2.05) is 30.3 Å². The Kier molecular flexibility index (Phi) is 8.93. The second kappa shape index (κ2) is 12.1. The first-order valence-corrected chi connectivity index (χ1v) is 10.4. The lowest BCUT2D eigenvalue weighted by atomic mass is 10.1. The molecule has 2 aromatic rings. The largest absolute Gasteiger partial charge is 0.492 e. The van der Waals surface area contributed by atoms with Crippen molar-refractivity contribution >= 4 is 5.96 Å². The zero-order chi connectivity index (χ0) is 21.0. The van der Waals surface area contributed by atoms with Crippen LogP contribution in [0, 0.1) is 5.82 Å². The monoisotopic (exact) mass is 414 g/mol. The van der Waals surface area contributed by atoms with Crippen LogP contribution < -0.4 is 15.4 Å². The summed E-state index contributed by atoms with van der Waals surface area (Å²) in [6.45, 7) is 6.23. The molecule has 0 saturated carbocycles. The van der Waals surface area contributed by atoms with Gasteiger partial charge in [0.15, 0.2) is 5.96 Å². The van der Waals surface area contributed by atoms with Gasteiger partial charge in [0.05, 0.1) is 13.2 Å². The van der Waals surface area contributed by atoms with Crippen LogP contribution in [0.1, 0.15) is 11.1 Å². The molecule has 2 N–H and O–H groups in total. The van der Waals surface area contributed by atoms with Crippen LogP contribution in [0.4, 0.5) is 4.39 Å². The van der Waals surface area contributed by atoms with E-state index in [1.54, 1.807) is 19.2 Å². The van der Waals surface area contributed by atoms with Crippen molar-refractivity contribution in [2.24, 2.45) is 4.99 Å². The summed E-state index contributed by atoms with van der Waals surface area (Å²) < 4.78 is 25.1. The molecule has 0 bridgehead atoms. The first-order chi connectivity index (χ1) is 14.8. The van der Waals surface area contributed by atoms with Crippen LogP contribution in [-0.4, -0.2) is 63.9 Å². The third-order valence-electron chi connectivity index (χ3n) is 5.06. The van der Waals surface area contributed by atoms with Gasteiger partial charge in [-0.05, 0) is 24.1 Å². The molecule has 0 amide bonds. The van der Waals surface area contributed by atoms with E-state index in [4.69, 9.17) is 9.47 Å². The molecule has 1 saturated heterocycles. The van der Waals surface area contributed by atoms with Gasteiger partial charge in [0.25, 0.3) is 0 Å². The first-order valence-electron chi connectivity index (χ1n) is 10.4. The standard InChI is InChI=1S/C23H31FN4O2/c1-25-23(26-11-10-19-6-2-4-8-21(19)24)27-18-20-7-3-5-9-22(20)30-17-14-28-12-15-29-16-13-28/h2-9H,10-18H2,1H3,(H2,25,26,27). The second-order valence-electron chi connectivity index (χ2n) is 7.10. The van der Waals surface area contributed by atoms with Crippen LogP contribution >= 0.6 is 0 Å². The summed E-state index contributed by atoms with van der Waals surface area (Å²) in [6.07, 6.45) is 0.592. The van der Waals surface area contributed by atoms with Crippen LogP contribution in [0.25, 0.3) is 0 Å². The number of morpholine rings is 1. The zero-order valence-corrected chi connectivity index (χ0v) is 17.6. The minimum Gasteiger partial charge on any atom is -0.492 e. The molecule has 0 unspecified atom stereocenters. The predicted octanol–water partition coefficient (Wildman–Crippen LogP) is 2.44. The molecular formula is C23H31FN4O2. The van der Waals surface area contributed by atoms with Gasteiger partial charge in [0.1, 0.15) is 18.2 Å². The smallest absolute Gasteiger partial charge is 0.191 e. The molecule has 3 rings (SSSR count). The molecule has 1 aliphatic rings. The topological polar surface area (TPSA) is 58.1 Å². The third-order valence-corrected chi connectivity index (χ3v) is 5.06. The summed E-state index contributed by atoms with van der Waals surface area (Å²) in [5, 5.41) is 6.54. The number of para-hydroxylation sites is 1. The predicted molar refractivity (Wildman–Crippen MR) is 118 cm³/mol. The number of nitrogens with zero attached hydrogens (tertiary/aromatic N) is 2. The lowest BCUT2D eigenvalue weighted by Crippen LogP contribution is -2.39. The van der Waals surface area contributed by atoms with E-state index < -0.39 is 0 Å². The molecule has 1 fully saturated rings. The maximum atomic E-state index is 13.7. The Hall–Kier alpha value is -2.64. The number of hydrogen-bond acceptors (Lipinski definition) is 4. The summed E-state index contributed by atoms with van der Waals surface area (Å²) in [5.41, 5.74) is 1.76. The SMILES string of the molecule is CN=C(NCCc1ccccc1F)NCc1ccccc1OCCN1CCOCC1. The molecule has 0 radical (unpaired) electrons. The number of aliphatic imine (C=N–C) groups is 1. The number of ether oxygens (including phenoxy) is 2. The van der Waals surface area contributed by atoms with Crippen molar-refractivity contribution in [2.75, 3.05) is 53.0 Å². The zero-order valence-electron chi connectivity index (χ0n) is 17.6. The fourth-order valence-electron chi connectivity index (χ4n) is 3.32. The molecule has 0 aliphatic carbocycles. The van der Waals surface area contributed by atoms with Crippen LogP contribution in [0.5, 0.6) is 5.75 Å². The fraction of sp³-hybridized carbons (Fsp3) is 0.435. The Balaban J connectivity index is 1.43. The van der Waals surface area contributed by atoms with E-state index in [9.17, 15) is 4.39 Å². The molecule has 1 heterocycles. The molecule has 0 aromatic heterocycles. The number of halogens is 1. The average molecular weight is 415 g/mol. The number of rotatable bonds is 9. The molecule has 0 spiro atoms. The Morgan fingerprint density at radius 3 is 2.57 bits per heavy atom. The van der Waals surface area contributed by atoms with Crippen LogP contribution in [-0.2, 0) is 17.7 Å². The summed E-state index contributed by atoms with van der Waals surface area (Å²) in [6, 6.07) is 14.9. The fourth-order valence-corrected chi connectivity index (χ4v) is 3.32. The molecule has 7 heteroatoms. The lowest BCUT2D eigenvalue weighted by Gasteiger charge is -2.26. The van der Waals surface area contributed by atoms with Gasteiger partial charge in [0, 0.05) is 45.3 Å². The van der Waals surface area contributed by atoms with Gasteiger partial charge in [-0.25, -0.2) is 4.39 Å². The minimum absolute atomic E-state index is 0.176. The highest BCUT2D eigenvalue weighted by Crippen LogP contribution is 2.17. The highest BCUT2D eigenvalue weighted by Gasteiger charge is 2.11. The van der Waals surface area contributed by atoms with Crippen molar-refractivity contribution in [1.82, 2.24) is 15.5 Å². The highest BCUT2D eigenvalue weighted by atomic mass is 19.1. The van der Waals surface area contributed by atoms with E-state index in [2.05, 4.69) is 20.5 Å². The van der Waals surface area contributed by atoms with Gasteiger partial charge < -0.3 is 20.1 Å². The van der Waals surface area contributed by atoms with Crippen LogP contribution in [0.15, 0.2) is 53.5 Å². The minimum atomic E-state index is -0.176. The van der Waals surface area contributed by atoms with E-state index in [0.717, 1.165) is 44.2 Å². The summed E-state index contributed by atoms with van der Waals surface area (Å²) in [4.78, 5) is 6.60. The molecule has 162 valence electrons. The first kappa shape index (κ1) is 22.1. The maximum Gasteiger partial charge on any atom is 0.191 e. The van der Waals surface area contributed by atoms with Gasteiger partial charge in [-0.15, -0.1) is 0 Å². The van der Waals surface area contributed by atoms with Crippen LogP contribution in [0.2, 0.25) is 0 Å². The van der Waals surface area contributed by atoms with Crippen molar-refractivity contribution in [3.8, 4) is 5.75 Å². The Labute approximate surface area is 178 Å². The number of benzene rings is 2. The molecule has 2 aromatic carbocycles. The molecule has 0 atom stereocenters. The quantitative estimate of drug-likeness (QED) is 0.488.